The molecule has 15 heavy (non-hydrogen) atoms. The number of amides is 1. The summed E-state index contributed by atoms with van der Waals surface area (Å²) in [4.78, 5) is 26.0. The molecule has 0 bridgehead atoms. The van der Waals surface area contributed by atoms with E-state index in [4.69, 9.17) is 15.1 Å². The van der Waals surface area contributed by atoms with E-state index in [9.17, 15) is 9.59 Å². The van der Waals surface area contributed by atoms with Crippen LogP contribution in [0.25, 0.3) is 0 Å². The molecular formula is C9H9NO5. The molecular weight excluding hydrogens is 202 g/mol. The molecule has 0 unspecified atom stereocenters. The molecule has 3 N–H and O–H groups in total. The van der Waals surface area contributed by atoms with Gasteiger partial charge in [0, 0.05) is 6.92 Å². The number of hydroxylamine groups is 1. The maximum absolute atomic E-state index is 10.7. The Bertz CT molecular complexity index is 401. The van der Waals surface area contributed by atoms with Crippen LogP contribution in [0.2, 0.25) is 0 Å². The highest BCUT2D eigenvalue weighted by molar-refractivity contribution is 5.91. The van der Waals surface area contributed by atoms with Crippen LogP contribution < -0.4 is 10.3 Å². The summed E-state index contributed by atoms with van der Waals surface area (Å²) >= 11 is 0. The molecule has 0 saturated carbocycles. The van der Waals surface area contributed by atoms with E-state index in [0.29, 0.717) is 0 Å². The lowest BCUT2D eigenvalue weighted by Crippen LogP contribution is -2.24. The molecule has 0 aliphatic carbocycles. The van der Waals surface area contributed by atoms with Gasteiger partial charge in [-0.3, -0.25) is 4.79 Å². The van der Waals surface area contributed by atoms with Crippen LogP contribution in [0.4, 0.5) is 0 Å². The van der Waals surface area contributed by atoms with Crippen LogP contribution in [0, 0.1) is 0 Å². The molecule has 0 fully saturated rings. The van der Waals surface area contributed by atoms with Crippen molar-refractivity contribution in [2.24, 2.45) is 0 Å². The number of benzene rings is 1. The Balaban J connectivity index is 2.95. The Morgan fingerprint density at radius 2 is 2.07 bits per heavy atom. The van der Waals surface area contributed by atoms with E-state index in [0.717, 1.165) is 6.07 Å². The van der Waals surface area contributed by atoms with Crippen molar-refractivity contribution in [2.75, 3.05) is 0 Å². The number of rotatable bonds is 3. The van der Waals surface area contributed by atoms with E-state index >= 15 is 0 Å². The summed E-state index contributed by atoms with van der Waals surface area (Å²) in [6, 6.07) is 3.53. The predicted molar refractivity (Wildman–Crippen MR) is 49.5 cm³/mol. The van der Waals surface area contributed by atoms with Gasteiger partial charge in [0.15, 0.2) is 5.75 Å². The van der Waals surface area contributed by atoms with Crippen molar-refractivity contribution in [2.45, 2.75) is 6.92 Å². The molecule has 0 aliphatic rings. The zero-order valence-corrected chi connectivity index (χ0v) is 7.85. The second-order valence-corrected chi connectivity index (χ2v) is 2.75. The number of carbonyl (C=O) groups excluding carboxylic acids is 1. The number of nitrogens with one attached hydrogen (secondary N) is 1. The number of phenols is 1. The predicted octanol–water partition coefficient (Wildman–Crippen LogP) is 0.520. The molecule has 0 aromatic heterocycles. The first kappa shape index (κ1) is 10.8. The second-order valence-electron chi connectivity index (χ2n) is 2.75. The van der Waals surface area contributed by atoms with Crippen molar-refractivity contribution in [3.63, 3.8) is 0 Å². The van der Waals surface area contributed by atoms with Gasteiger partial charge in [0.05, 0.1) is 0 Å². The molecule has 1 rings (SSSR count). The minimum atomic E-state index is -1.26. The molecule has 0 spiro atoms. The van der Waals surface area contributed by atoms with E-state index in [1.165, 1.54) is 19.1 Å². The maximum Gasteiger partial charge on any atom is 0.339 e. The summed E-state index contributed by atoms with van der Waals surface area (Å²) in [6.45, 7) is 1.22. The van der Waals surface area contributed by atoms with Gasteiger partial charge in [-0.2, -0.15) is 5.48 Å². The lowest BCUT2D eigenvalue weighted by molar-refractivity contribution is -0.125. The molecule has 1 amide bonds. The number of carboxylic acids is 1. The van der Waals surface area contributed by atoms with Crippen LogP contribution in [0.15, 0.2) is 18.2 Å². The van der Waals surface area contributed by atoms with Gasteiger partial charge >= 0.3 is 5.97 Å². The van der Waals surface area contributed by atoms with E-state index in [2.05, 4.69) is 0 Å². The quantitative estimate of drug-likeness (QED) is 0.633. The van der Waals surface area contributed by atoms with Crippen molar-refractivity contribution in [1.82, 2.24) is 5.48 Å². The molecule has 6 nitrogen and oxygen atoms in total. The molecule has 0 radical (unpaired) electrons. The topological polar surface area (TPSA) is 95.9 Å². The first-order chi connectivity index (χ1) is 7.00. The first-order valence-corrected chi connectivity index (χ1v) is 4.00. The Morgan fingerprint density at radius 3 is 2.60 bits per heavy atom. The summed E-state index contributed by atoms with van der Waals surface area (Å²) < 4.78 is 0. The number of carbonyl (C=O) groups is 2. The minimum absolute atomic E-state index is 0.0458. The average molecular weight is 211 g/mol. The van der Waals surface area contributed by atoms with Crippen LogP contribution in [-0.2, 0) is 4.79 Å². The van der Waals surface area contributed by atoms with E-state index in [-0.39, 0.29) is 17.1 Å². The lowest BCUT2D eigenvalue weighted by Gasteiger charge is -2.07. The normalized spacial score (nSPS) is 9.40. The Morgan fingerprint density at radius 1 is 1.40 bits per heavy atom. The average Bonchev–Trinajstić information content (AvgIpc) is 2.15. The van der Waals surface area contributed by atoms with E-state index in [1.807, 2.05) is 5.48 Å². The molecule has 0 saturated heterocycles. The smallest absolute Gasteiger partial charge is 0.339 e. The molecule has 0 atom stereocenters. The van der Waals surface area contributed by atoms with Gasteiger partial charge in [-0.15, -0.1) is 0 Å². The fraction of sp³-hybridized carbons (Fsp3) is 0.111. The fourth-order valence-corrected chi connectivity index (χ4v) is 0.901. The van der Waals surface area contributed by atoms with Gasteiger partial charge in [0.2, 0.25) is 5.91 Å². The zero-order chi connectivity index (χ0) is 11.4. The van der Waals surface area contributed by atoms with Crippen LogP contribution in [0.5, 0.6) is 11.5 Å². The zero-order valence-electron chi connectivity index (χ0n) is 7.85. The van der Waals surface area contributed by atoms with Crippen molar-refractivity contribution in [3.05, 3.63) is 23.8 Å². The van der Waals surface area contributed by atoms with Gasteiger partial charge in [-0.1, -0.05) is 0 Å². The Hall–Kier alpha value is -2.24. The van der Waals surface area contributed by atoms with Crippen LogP contribution >= 0.6 is 0 Å². The number of carboxylic acid groups (broad SMARTS) is 1. The Kier molecular flexibility index (Phi) is 3.12. The van der Waals surface area contributed by atoms with Crippen molar-refractivity contribution in [3.8, 4) is 11.5 Å². The van der Waals surface area contributed by atoms with Gasteiger partial charge in [-0.25, -0.2) is 4.79 Å². The summed E-state index contributed by atoms with van der Waals surface area (Å²) in [5.74, 6) is -1.95. The molecule has 0 aliphatic heterocycles. The summed E-state index contributed by atoms with van der Waals surface area (Å²) in [7, 11) is 0. The third-order valence-electron chi connectivity index (χ3n) is 1.50. The molecule has 0 heterocycles. The van der Waals surface area contributed by atoms with Gasteiger partial charge in [0.25, 0.3) is 0 Å². The molecule has 80 valence electrons. The largest absolute Gasteiger partial charge is 0.508 e. The standard InChI is InChI=1S/C9H9NO5/c1-5(11)10-15-8-3-2-6(12)4-7(8)9(13)14/h2-4,12H,1H3,(H,10,11)(H,13,14). The first-order valence-electron chi connectivity index (χ1n) is 4.00. The third-order valence-corrected chi connectivity index (χ3v) is 1.50. The van der Waals surface area contributed by atoms with E-state index in [1.54, 1.807) is 0 Å². The highest BCUT2D eigenvalue weighted by atomic mass is 16.7. The summed E-state index contributed by atoms with van der Waals surface area (Å²) in [5.41, 5.74) is 1.76. The van der Waals surface area contributed by atoms with Gasteiger partial charge in [-0.05, 0) is 18.2 Å². The number of aromatic hydroxyl groups is 1. The molecule has 6 heteroatoms. The van der Waals surface area contributed by atoms with Gasteiger partial charge in [0.1, 0.15) is 11.3 Å². The second kappa shape index (κ2) is 4.32. The maximum atomic E-state index is 10.7. The van der Waals surface area contributed by atoms with Crippen molar-refractivity contribution >= 4 is 11.9 Å². The summed E-state index contributed by atoms with van der Waals surface area (Å²) in [5, 5.41) is 17.8. The highest BCUT2D eigenvalue weighted by Gasteiger charge is 2.12. The lowest BCUT2D eigenvalue weighted by atomic mass is 10.2. The highest BCUT2D eigenvalue weighted by Crippen LogP contribution is 2.22. The molecule has 1 aromatic rings. The van der Waals surface area contributed by atoms with Crippen molar-refractivity contribution < 1.29 is 24.6 Å². The number of aromatic carboxylic acids is 1. The fourth-order valence-electron chi connectivity index (χ4n) is 0.901. The van der Waals surface area contributed by atoms with Crippen LogP contribution in [0.3, 0.4) is 0 Å². The van der Waals surface area contributed by atoms with Crippen LogP contribution in [-0.4, -0.2) is 22.1 Å². The SMILES string of the molecule is CC(=O)NOc1ccc(O)cc1C(=O)O. The third kappa shape index (κ3) is 2.87. The van der Waals surface area contributed by atoms with Crippen LogP contribution in [0.1, 0.15) is 17.3 Å². The number of hydrogen-bond acceptors (Lipinski definition) is 4. The van der Waals surface area contributed by atoms with Crippen molar-refractivity contribution in [1.29, 1.82) is 0 Å². The summed E-state index contributed by atoms with van der Waals surface area (Å²) in [6.07, 6.45) is 0. The number of hydrogen-bond donors (Lipinski definition) is 3. The Labute approximate surface area is 85.1 Å². The number of phenolic OH excluding ortho intramolecular Hbond substituents is 1. The monoisotopic (exact) mass is 211 g/mol. The minimum Gasteiger partial charge on any atom is -0.508 e. The van der Waals surface area contributed by atoms with E-state index < -0.39 is 11.9 Å². The van der Waals surface area contributed by atoms with Gasteiger partial charge < -0.3 is 15.1 Å². The molecule has 1 aromatic carbocycles.